The zero-order valence-electron chi connectivity index (χ0n) is 9.86. The fourth-order valence-corrected chi connectivity index (χ4v) is 2.16. The summed E-state index contributed by atoms with van der Waals surface area (Å²) in [7, 11) is -0.758. The van der Waals surface area contributed by atoms with Crippen LogP contribution in [0.15, 0.2) is 10.9 Å². The molecule has 6 heteroatoms. The van der Waals surface area contributed by atoms with Gasteiger partial charge in [-0.3, -0.25) is 9.00 Å². The Morgan fingerprint density at radius 1 is 1.59 bits per heavy atom. The standard InChI is InChI=1S/C11H17N3O2S/c1-17(16)6-2-5-12-9-7-10(15)14-11(13-9)8-3-4-8/h7-8H,2-6H2,1H3,(H2,12,13,14,15). The number of anilines is 1. The number of rotatable bonds is 6. The number of hydrogen-bond acceptors (Lipinski definition) is 4. The van der Waals surface area contributed by atoms with Crippen molar-refractivity contribution in [1.82, 2.24) is 9.97 Å². The molecule has 0 bridgehead atoms. The molecule has 2 N–H and O–H groups in total. The maximum atomic E-state index is 11.4. The first-order valence-corrected chi connectivity index (χ1v) is 7.53. The largest absolute Gasteiger partial charge is 0.370 e. The van der Waals surface area contributed by atoms with Crippen LogP contribution < -0.4 is 10.9 Å². The van der Waals surface area contributed by atoms with Crippen LogP contribution >= 0.6 is 0 Å². The number of nitrogens with one attached hydrogen (secondary N) is 2. The van der Waals surface area contributed by atoms with Gasteiger partial charge in [0.25, 0.3) is 5.56 Å². The summed E-state index contributed by atoms with van der Waals surface area (Å²) in [6.45, 7) is 0.695. The average Bonchev–Trinajstić information content (AvgIpc) is 3.07. The summed E-state index contributed by atoms with van der Waals surface area (Å²) < 4.78 is 10.9. The molecule has 0 spiro atoms. The van der Waals surface area contributed by atoms with E-state index in [0.717, 1.165) is 25.1 Å². The molecule has 1 aliphatic carbocycles. The van der Waals surface area contributed by atoms with Gasteiger partial charge in [-0.1, -0.05) is 0 Å². The van der Waals surface area contributed by atoms with Gasteiger partial charge < -0.3 is 10.3 Å². The Bertz CT molecular complexity index is 468. The van der Waals surface area contributed by atoms with Crippen LogP contribution in [-0.4, -0.2) is 32.7 Å². The number of aromatic nitrogens is 2. The lowest BCUT2D eigenvalue weighted by Gasteiger charge is -2.06. The Hall–Kier alpha value is -1.17. The molecule has 0 aliphatic heterocycles. The molecule has 0 amide bonds. The maximum Gasteiger partial charge on any atom is 0.252 e. The van der Waals surface area contributed by atoms with Crippen molar-refractivity contribution in [2.45, 2.75) is 25.2 Å². The molecule has 5 nitrogen and oxygen atoms in total. The second-order valence-electron chi connectivity index (χ2n) is 4.35. The molecule has 1 aromatic heterocycles. The second-order valence-corrected chi connectivity index (χ2v) is 5.90. The highest BCUT2D eigenvalue weighted by atomic mass is 32.2. The van der Waals surface area contributed by atoms with E-state index in [2.05, 4.69) is 15.3 Å². The number of nitrogens with zero attached hydrogens (tertiary/aromatic N) is 1. The molecule has 1 aromatic rings. The summed E-state index contributed by atoms with van der Waals surface area (Å²) in [6, 6.07) is 1.47. The van der Waals surface area contributed by atoms with E-state index in [4.69, 9.17) is 0 Å². The Morgan fingerprint density at radius 2 is 2.35 bits per heavy atom. The molecule has 1 aliphatic rings. The van der Waals surface area contributed by atoms with Crippen LogP contribution in [0.3, 0.4) is 0 Å². The summed E-state index contributed by atoms with van der Waals surface area (Å²) in [6.07, 6.45) is 4.73. The Labute approximate surface area is 103 Å². The van der Waals surface area contributed by atoms with Crippen LogP contribution in [0.4, 0.5) is 5.82 Å². The van der Waals surface area contributed by atoms with Gasteiger partial charge in [-0.25, -0.2) is 4.98 Å². The smallest absolute Gasteiger partial charge is 0.252 e. The van der Waals surface area contributed by atoms with Crippen molar-refractivity contribution < 1.29 is 4.21 Å². The summed E-state index contributed by atoms with van der Waals surface area (Å²) in [5.41, 5.74) is -0.108. The van der Waals surface area contributed by atoms with Crippen molar-refractivity contribution >= 4 is 16.6 Å². The van der Waals surface area contributed by atoms with Crippen molar-refractivity contribution in [2.24, 2.45) is 0 Å². The number of H-pyrrole nitrogens is 1. The Balaban J connectivity index is 1.91. The van der Waals surface area contributed by atoms with Crippen LogP contribution in [-0.2, 0) is 10.8 Å². The third kappa shape index (κ3) is 3.96. The van der Waals surface area contributed by atoms with Crippen molar-refractivity contribution in [3.8, 4) is 0 Å². The maximum absolute atomic E-state index is 11.4. The quantitative estimate of drug-likeness (QED) is 0.738. The van der Waals surface area contributed by atoms with Crippen LogP contribution in [0.2, 0.25) is 0 Å². The fraction of sp³-hybridized carbons (Fsp3) is 0.636. The van der Waals surface area contributed by atoms with Crippen LogP contribution in [0, 0.1) is 0 Å². The lowest BCUT2D eigenvalue weighted by molar-refractivity contribution is 0.685. The second kappa shape index (κ2) is 5.44. The van der Waals surface area contributed by atoms with Crippen molar-refractivity contribution in [3.63, 3.8) is 0 Å². The summed E-state index contributed by atoms with van der Waals surface area (Å²) in [5, 5.41) is 3.10. The highest BCUT2D eigenvalue weighted by Crippen LogP contribution is 2.37. The monoisotopic (exact) mass is 255 g/mol. The van der Waals surface area contributed by atoms with Gasteiger partial charge in [0.05, 0.1) is 0 Å². The van der Waals surface area contributed by atoms with Crippen molar-refractivity contribution in [1.29, 1.82) is 0 Å². The summed E-state index contributed by atoms with van der Waals surface area (Å²) in [4.78, 5) is 18.5. The molecule has 1 unspecified atom stereocenters. The summed E-state index contributed by atoms with van der Waals surface area (Å²) >= 11 is 0. The van der Waals surface area contributed by atoms with Gasteiger partial charge in [-0.15, -0.1) is 0 Å². The van der Waals surface area contributed by atoms with E-state index in [-0.39, 0.29) is 5.56 Å². The van der Waals surface area contributed by atoms with E-state index >= 15 is 0 Å². The lowest BCUT2D eigenvalue weighted by Crippen LogP contribution is -2.14. The molecule has 2 rings (SSSR count). The Kier molecular flexibility index (Phi) is 3.93. The highest BCUT2D eigenvalue weighted by molar-refractivity contribution is 7.84. The third-order valence-electron chi connectivity index (χ3n) is 2.64. The molecule has 0 radical (unpaired) electrons. The van der Waals surface area contributed by atoms with E-state index in [9.17, 15) is 9.00 Å². The molecule has 1 fully saturated rings. The predicted octanol–water partition coefficient (Wildman–Crippen LogP) is 0.828. The molecule has 0 saturated heterocycles. The lowest BCUT2D eigenvalue weighted by atomic mass is 10.4. The van der Waals surface area contributed by atoms with E-state index in [1.165, 1.54) is 6.07 Å². The first-order valence-electron chi connectivity index (χ1n) is 5.80. The minimum Gasteiger partial charge on any atom is -0.370 e. The van der Waals surface area contributed by atoms with E-state index in [0.29, 0.717) is 24.0 Å². The van der Waals surface area contributed by atoms with Crippen LogP contribution in [0.25, 0.3) is 0 Å². The van der Waals surface area contributed by atoms with Gasteiger partial charge in [0.2, 0.25) is 0 Å². The van der Waals surface area contributed by atoms with Crippen LogP contribution in [0.1, 0.15) is 31.0 Å². The van der Waals surface area contributed by atoms with Crippen LogP contribution in [0.5, 0.6) is 0 Å². The Morgan fingerprint density at radius 3 is 3.00 bits per heavy atom. The third-order valence-corrected chi connectivity index (χ3v) is 3.50. The van der Waals surface area contributed by atoms with Crippen molar-refractivity contribution in [3.05, 3.63) is 22.2 Å². The van der Waals surface area contributed by atoms with Gasteiger partial charge in [-0.05, 0) is 19.3 Å². The van der Waals surface area contributed by atoms with E-state index in [1.54, 1.807) is 6.26 Å². The zero-order valence-corrected chi connectivity index (χ0v) is 10.7. The minimum absolute atomic E-state index is 0.108. The first kappa shape index (κ1) is 12.3. The molecule has 1 heterocycles. The van der Waals surface area contributed by atoms with Gasteiger partial charge in [0.15, 0.2) is 0 Å². The summed E-state index contributed by atoms with van der Waals surface area (Å²) in [5.74, 6) is 2.52. The van der Waals surface area contributed by atoms with Crippen molar-refractivity contribution in [2.75, 3.05) is 23.9 Å². The molecule has 1 atom stereocenters. The van der Waals surface area contributed by atoms with Gasteiger partial charge in [0.1, 0.15) is 11.6 Å². The molecule has 17 heavy (non-hydrogen) atoms. The molecular weight excluding hydrogens is 238 g/mol. The normalized spacial score (nSPS) is 16.8. The van der Waals surface area contributed by atoms with Gasteiger partial charge in [-0.2, -0.15) is 0 Å². The van der Waals surface area contributed by atoms with E-state index in [1.807, 2.05) is 0 Å². The molecular formula is C11H17N3O2S. The van der Waals surface area contributed by atoms with Gasteiger partial charge >= 0.3 is 0 Å². The SMILES string of the molecule is CS(=O)CCCNc1cc(=O)[nH]c(C2CC2)n1. The van der Waals surface area contributed by atoms with E-state index < -0.39 is 10.8 Å². The average molecular weight is 255 g/mol. The minimum atomic E-state index is -0.758. The molecule has 1 saturated carbocycles. The predicted molar refractivity (Wildman–Crippen MR) is 68.9 cm³/mol. The molecule has 0 aromatic carbocycles. The zero-order chi connectivity index (χ0) is 12.3. The highest BCUT2D eigenvalue weighted by Gasteiger charge is 2.26. The number of hydrogen-bond donors (Lipinski definition) is 2. The first-order chi connectivity index (χ1) is 8.15. The molecule has 94 valence electrons. The fourth-order valence-electron chi connectivity index (χ4n) is 1.61. The number of aromatic amines is 1. The van der Waals surface area contributed by atoms with Gasteiger partial charge in [0, 0.05) is 41.3 Å². The topological polar surface area (TPSA) is 74.8 Å².